The van der Waals surface area contributed by atoms with E-state index in [1.165, 1.54) is 12.1 Å². The zero-order valence-electron chi connectivity index (χ0n) is 14.7. The predicted molar refractivity (Wildman–Crippen MR) is 92.7 cm³/mol. The molecule has 1 amide bonds. The van der Waals surface area contributed by atoms with E-state index < -0.39 is 22.6 Å². The molecule has 1 atom stereocenters. The van der Waals surface area contributed by atoms with E-state index in [1.807, 2.05) is 13.8 Å². The maximum atomic E-state index is 12.3. The molecule has 1 saturated carbocycles. The number of rotatable bonds is 8. The van der Waals surface area contributed by atoms with Crippen molar-refractivity contribution in [2.24, 2.45) is 0 Å². The van der Waals surface area contributed by atoms with Gasteiger partial charge in [0.2, 0.25) is 10.0 Å². The van der Waals surface area contributed by atoms with E-state index in [0.29, 0.717) is 5.56 Å². The van der Waals surface area contributed by atoms with Crippen molar-refractivity contribution < 1.29 is 22.7 Å². The Morgan fingerprint density at radius 3 is 2.60 bits per heavy atom. The van der Waals surface area contributed by atoms with Crippen molar-refractivity contribution in [1.82, 2.24) is 10.0 Å². The van der Waals surface area contributed by atoms with Gasteiger partial charge in [-0.05, 0) is 50.8 Å². The number of carbonyl (C=O) groups is 2. The molecule has 7 nitrogen and oxygen atoms in total. The van der Waals surface area contributed by atoms with Crippen LogP contribution >= 0.6 is 0 Å². The second kappa shape index (κ2) is 7.97. The van der Waals surface area contributed by atoms with Crippen molar-refractivity contribution in [3.8, 4) is 0 Å². The largest absolute Gasteiger partial charge is 0.452 e. The molecule has 8 heteroatoms. The summed E-state index contributed by atoms with van der Waals surface area (Å²) < 4.78 is 32.1. The Morgan fingerprint density at radius 1 is 1.32 bits per heavy atom. The molecule has 0 saturated heterocycles. The van der Waals surface area contributed by atoms with Gasteiger partial charge in [0.15, 0.2) is 6.61 Å². The van der Waals surface area contributed by atoms with Gasteiger partial charge in [-0.2, -0.15) is 0 Å². The van der Waals surface area contributed by atoms with E-state index in [-0.39, 0.29) is 28.4 Å². The molecule has 2 rings (SSSR count). The summed E-state index contributed by atoms with van der Waals surface area (Å²) in [7, 11) is -3.66. The van der Waals surface area contributed by atoms with Crippen molar-refractivity contribution in [2.45, 2.75) is 57.0 Å². The molecule has 1 aromatic rings. The van der Waals surface area contributed by atoms with Crippen LogP contribution in [-0.2, 0) is 19.6 Å². The van der Waals surface area contributed by atoms with Crippen LogP contribution in [0.5, 0.6) is 0 Å². The lowest BCUT2D eigenvalue weighted by Crippen LogP contribution is -2.35. The zero-order chi connectivity index (χ0) is 18.6. The maximum absolute atomic E-state index is 12.3. The van der Waals surface area contributed by atoms with Crippen LogP contribution in [0.25, 0.3) is 0 Å². The molecule has 0 bridgehead atoms. The lowest BCUT2D eigenvalue weighted by molar-refractivity contribution is -0.124. The van der Waals surface area contributed by atoms with Gasteiger partial charge in [0.25, 0.3) is 5.91 Å². The molecule has 1 aromatic carbocycles. The first-order chi connectivity index (χ1) is 11.7. The van der Waals surface area contributed by atoms with Crippen LogP contribution in [0.2, 0.25) is 0 Å². The first-order valence-electron chi connectivity index (χ1n) is 8.32. The molecule has 0 spiro atoms. The average Bonchev–Trinajstić information content (AvgIpc) is 3.35. The number of amides is 1. The maximum Gasteiger partial charge on any atom is 0.338 e. The molecule has 1 aliphatic rings. The van der Waals surface area contributed by atoms with E-state index in [1.54, 1.807) is 13.0 Å². The quantitative estimate of drug-likeness (QED) is 0.677. The van der Waals surface area contributed by atoms with E-state index >= 15 is 0 Å². The number of hydrogen-bond acceptors (Lipinski definition) is 5. The SMILES string of the molecule is CCC(C)NC(=O)COC(=O)c1cc(S(=O)(=O)NC2CC2)ccc1C. The minimum atomic E-state index is -3.66. The molecule has 1 fully saturated rings. The molecule has 1 aliphatic carbocycles. The monoisotopic (exact) mass is 368 g/mol. The summed E-state index contributed by atoms with van der Waals surface area (Å²) in [5.74, 6) is -1.11. The number of ether oxygens (including phenoxy) is 1. The Bertz CT molecular complexity index is 756. The van der Waals surface area contributed by atoms with Gasteiger partial charge < -0.3 is 10.1 Å². The molecule has 1 unspecified atom stereocenters. The van der Waals surface area contributed by atoms with Gasteiger partial charge in [0.1, 0.15) is 0 Å². The van der Waals surface area contributed by atoms with Gasteiger partial charge in [-0.15, -0.1) is 0 Å². The Hall–Kier alpha value is -1.93. The van der Waals surface area contributed by atoms with Gasteiger partial charge in [-0.3, -0.25) is 4.79 Å². The third kappa shape index (κ3) is 5.54. The van der Waals surface area contributed by atoms with Crippen molar-refractivity contribution in [2.75, 3.05) is 6.61 Å². The van der Waals surface area contributed by atoms with Gasteiger partial charge in [0.05, 0.1) is 10.5 Å². The Balaban J connectivity index is 2.06. The summed E-state index contributed by atoms with van der Waals surface area (Å²) in [6.07, 6.45) is 2.42. The number of aryl methyl sites for hydroxylation is 1. The topological polar surface area (TPSA) is 102 Å². The number of sulfonamides is 1. The summed E-state index contributed by atoms with van der Waals surface area (Å²) >= 11 is 0. The van der Waals surface area contributed by atoms with E-state index in [2.05, 4.69) is 10.0 Å². The van der Waals surface area contributed by atoms with Gasteiger partial charge in [-0.1, -0.05) is 13.0 Å². The lowest BCUT2D eigenvalue weighted by Gasteiger charge is -2.12. The molecular formula is C17H24N2O5S. The highest BCUT2D eigenvalue weighted by atomic mass is 32.2. The van der Waals surface area contributed by atoms with Crippen LogP contribution in [0.4, 0.5) is 0 Å². The number of benzene rings is 1. The van der Waals surface area contributed by atoms with Crippen LogP contribution in [0, 0.1) is 6.92 Å². The van der Waals surface area contributed by atoms with E-state index in [0.717, 1.165) is 19.3 Å². The molecule has 2 N–H and O–H groups in total. The van der Waals surface area contributed by atoms with Crippen LogP contribution in [0.1, 0.15) is 49.0 Å². The third-order valence-corrected chi connectivity index (χ3v) is 5.51. The predicted octanol–water partition coefficient (Wildman–Crippen LogP) is 1.51. The summed E-state index contributed by atoms with van der Waals surface area (Å²) in [5.41, 5.74) is 0.715. The smallest absolute Gasteiger partial charge is 0.338 e. The van der Waals surface area contributed by atoms with Crippen LogP contribution in [-0.4, -0.2) is 39.0 Å². The van der Waals surface area contributed by atoms with Gasteiger partial charge >= 0.3 is 5.97 Å². The average molecular weight is 368 g/mol. The highest BCUT2D eigenvalue weighted by molar-refractivity contribution is 7.89. The first-order valence-corrected chi connectivity index (χ1v) is 9.80. The lowest BCUT2D eigenvalue weighted by atomic mass is 10.1. The number of esters is 1. The normalized spacial score (nSPS) is 15.5. The minimum Gasteiger partial charge on any atom is -0.452 e. The highest BCUT2D eigenvalue weighted by Gasteiger charge is 2.28. The fourth-order valence-electron chi connectivity index (χ4n) is 2.10. The third-order valence-electron chi connectivity index (χ3n) is 3.99. The summed E-state index contributed by atoms with van der Waals surface area (Å²) in [5, 5.41) is 2.69. The van der Waals surface area contributed by atoms with Crippen molar-refractivity contribution >= 4 is 21.9 Å². The molecule has 0 radical (unpaired) electrons. The Morgan fingerprint density at radius 2 is 2.00 bits per heavy atom. The van der Waals surface area contributed by atoms with E-state index in [9.17, 15) is 18.0 Å². The van der Waals surface area contributed by atoms with Crippen LogP contribution in [0.15, 0.2) is 23.1 Å². The summed E-state index contributed by atoms with van der Waals surface area (Å²) in [4.78, 5) is 23.9. The fraction of sp³-hybridized carbons (Fsp3) is 0.529. The molecule has 0 heterocycles. The highest BCUT2D eigenvalue weighted by Crippen LogP contribution is 2.23. The van der Waals surface area contributed by atoms with Crippen molar-refractivity contribution in [3.05, 3.63) is 29.3 Å². The standard InChI is InChI=1S/C17H24N2O5S/c1-4-12(3)18-16(20)10-24-17(21)15-9-14(8-5-11(15)2)25(22,23)19-13-6-7-13/h5,8-9,12-13,19H,4,6-7,10H2,1-3H3,(H,18,20). The Labute approximate surface area is 148 Å². The van der Waals surface area contributed by atoms with Gasteiger partial charge in [0, 0.05) is 12.1 Å². The van der Waals surface area contributed by atoms with Crippen LogP contribution < -0.4 is 10.0 Å². The van der Waals surface area contributed by atoms with Crippen molar-refractivity contribution in [3.63, 3.8) is 0 Å². The second-order valence-electron chi connectivity index (χ2n) is 6.33. The summed E-state index contributed by atoms with van der Waals surface area (Å²) in [6, 6.07) is 4.26. The molecule has 138 valence electrons. The molecule has 25 heavy (non-hydrogen) atoms. The first kappa shape index (κ1) is 19.4. The van der Waals surface area contributed by atoms with Crippen LogP contribution in [0.3, 0.4) is 0 Å². The number of nitrogens with one attached hydrogen (secondary N) is 2. The zero-order valence-corrected chi connectivity index (χ0v) is 15.5. The molecule has 0 aliphatic heterocycles. The van der Waals surface area contributed by atoms with E-state index in [4.69, 9.17) is 4.74 Å². The Kier molecular flexibility index (Phi) is 6.18. The second-order valence-corrected chi connectivity index (χ2v) is 8.04. The fourth-order valence-corrected chi connectivity index (χ4v) is 3.44. The minimum absolute atomic E-state index is 0.00472. The molecule has 0 aromatic heterocycles. The number of hydrogen-bond donors (Lipinski definition) is 2. The number of carbonyl (C=O) groups excluding carboxylic acids is 2. The van der Waals surface area contributed by atoms with Crippen molar-refractivity contribution in [1.29, 1.82) is 0 Å². The summed E-state index contributed by atoms with van der Waals surface area (Å²) in [6.45, 7) is 5.06. The molecular weight excluding hydrogens is 344 g/mol. The van der Waals surface area contributed by atoms with Gasteiger partial charge in [-0.25, -0.2) is 17.9 Å².